The van der Waals surface area contributed by atoms with Crippen molar-refractivity contribution in [1.29, 1.82) is 0 Å². The number of carbonyl (C=O) groups is 2. The number of amides is 1. The number of halogens is 1. The molecular weight excluding hydrogens is 318 g/mol. The predicted octanol–water partition coefficient (Wildman–Crippen LogP) is 2.86. The molecule has 0 saturated heterocycles. The van der Waals surface area contributed by atoms with E-state index in [1.807, 2.05) is 18.2 Å². The van der Waals surface area contributed by atoms with Crippen LogP contribution in [0.2, 0.25) is 5.02 Å². The van der Waals surface area contributed by atoms with Gasteiger partial charge in [-0.25, -0.2) is 0 Å². The minimum Gasteiger partial charge on any atom is -0.481 e. The monoisotopic (exact) mass is 333 g/mol. The molecule has 1 heterocycles. The fourth-order valence-electron chi connectivity index (χ4n) is 2.79. The minimum absolute atomic E-state index is 0.0652. The highest BCUT2D eigenvalue weighted by molar-refractivity contribution is 6.33. The van der Waals surface area contributed by atoms with E-state index in [-0.39, 0.29) is 18.0 Å². The fraction of sp³-hybridized carbons (Fsp3) is 0.312. The van der Waals surface area contributed by atoms with Gasteiger partial charge < -0.3 is 10.4 Å². The number of carbonyl (C=O) groups excluding carboxylic acids is 1. The summed E-state index contributed by atoms with van der Waals surface area (Å²) in [7, 11) is 0. The maximum Gasteiger partial charge on any atom is 0.305 e. The number of H-pyrrole nitrogens is 1. The van der Waals surface area contributed by atoms with Crippen LogP contribution < -0.4 is 5.32 Å². The second-order valence-corrected chi connectivity index (χ2v) is 6.21. The largest absolute Gasteiger partial charge is 0.481 e. The van der Waals surface area contributed by atoms with Gasteiger partial charge in [0.2, 0.25) is 0 Å². The van der Waals surface area contributed by atoms with Crippen LogP contribution in [0.25, 0.3) is 11.3 Å². The van der Waals surface area contributed by atoms with Gasteiger partial charge in [-0.2, -0.15) is 5.10 Å². The Hall–Kier alpha value is -2.34. The summed E-state index contributed by atoms with van der Waals surface area (Å²) in [5.74, 6) is -1.26. The number of nitrogens with zero attached hydrogens (tertiary/aromatic N) is 1. The van der Waals surface area contributed by atoms with E-state index in [9.17, 15) is 9.59 Å². The average molecular weight is 334 g/mol. The molecule has 120 valence electrons. The van der Waals surface area contributed by atoms with E-state index < -0.39 is 11.5 Å². The Bertz CT molecular complexity index is 753. The van der Waals surface area contributed by atoms with Crippen LogP contribution in [-0.4, -0.2) is 32.7 Å². The Morgan fingerprint density at radius 2 is 2.09 bits per heavy atom. The number of aliphatic carboxylic acids is 1. The van der Waals surface area contributed by atoms with Crippen LogP contribution in [-0.2, 0) is 4.79 Å². The normalized spacial score (nSPS) is 15.7. The lowest BCUT2D eigenvalue weighted by molar-refractivity contribution is -0.139. The molecule has 2 aromatic rings. The summed E-state index contributed by atoms with van der Waals surface area (Å²) in [6, 6.07) is 8.84. The van der Waals surface area contributed by atoms with Crippen LogP contribution in [0.5, 0.6) is 0 Å². The first-order chi connectivity index (χ1) is 11.0. The first-order valence-electron chi connectivity index (χ1n) is 7.34. The highest BCUT2D eigenvalue weighted by Crippen LogP contribution is 2.35. The Kier molecular flexibility index (Phi) is 4.09. The number of hydrogen-bond acceptors (Lipinski definition) is 3. The third kappa shape index (κ3) is 3.22. The molecule has 0 atom stereocenters. The standard InChI is InChI=1S/C16H16ClN3O3/c17-11-5-2-1-4-10(11)12-8-13(20-19-12)15(23)18-16(6-3-7-16)9-14(21)22/h1-2,4-5,8H,3,6-7,9H2,(H,18,23)(H,19,20)(H,21,22). The van der Waals surface area contributed by atoms with Gasteiger partial charge in [0.1, 0.15) is 5.69 Å². The zero-order chi connectivity index (χ0) is 16.4. The summed E-state index contributed by atoms with van der Waals surface area (Å²) in [6.45, 7) is 0. The number of hydrogen-bond donors (Lipinski definition) is 3. The van der Waals surface area contributed by atoms with E-state index in [0.29, 0.717) is 23.6 Å². The molecule has 0 aliphatic heterocycles. The van der Waals surface area contributed by atoms with Crippen molar-refractivity contribution in [2.75, 3.05) is 0 Å². The molecule has 1 aromatic heterocycles. The smallest absolute Gasteiger partial charge is 0.305 e. The Morgan fingerprint density at radius 3 is 2.70 bits per heavy atom. The van der Waals surface area contributed by atoms with Crippen molar-refractivity contribution in [3.63, 3.8) is 0 Å². The Morgan fingerprint density at radius 1 is 1.35 bits per heavy atom. The van der Waals surface area contributed by atoms with Crippen molar-refractivity contribution in [2.45, 2.75) is 31.2 Å². The zero-order valence-corrected chi connectivity index (χ0v) is 13.1. The van der Waals surface area contributed by atoms with Crippen LogP contribution in [0.1, 0.15) is 36.2 Å². The summed E-state index contributed by atoms with van der Waals surface area (Å²) >= 11 is 6.12. The van der Waals surface area contributed by atoms with Crippen molar-refractivity contribution < 1.29 is 14.7 Å². The zero-order valence-electron chi connectivity index (χ0n) is 12.3. The number of nitrogens with one attached hydrogen (secondary N) is 2. The van der Waals surface area contributed by atoms with Crippen LogP contribution in [0.15, 0.2) is 30.3 Å². The first kappa shape index (κ1) is 15.6. The van der Waals surface area contributed by atoms with E-state index in [4.69, 9.17) is 16.7 Å². The molecule has 3 rings (SSSR count). The second kappa shape index (κ2) is 6.04. The third-order valence-electron chi connectivity index (χ3n) is 4.15. The summed E-state index contributed by atoms with van der Waals surface area (Å²) in [5, 5.41) is 19.2. The number of carboxylic acid groups (broad SMARTS) is 1. The molecule has 3 N–H and O–H groups in total. The van der Waals surface area contributed by atoms with E-state index in [2.05, 4.69) is 15.5 Å². The van der Waals surface area contributed by atoms with Crippen molar-refractivity contribution >= 4 is 23.5 Å². The first-order valence-corrected chi connectivity index (χ1v) is 7.71. The maximum absolute atomic E-state index is 12.4. The van der Waals surface area contributed by atoms with Crippen molar-refractivity contribution in [2.24, 2.45) is 0 Å². The molecule has 23 heavy (non-hydrogen) atoms. The van der Waals surface area contributed by atoms with Gasteiger partial charge in [-0.3, -0.25) is 14.7 Å². The number of rotatable bonds is 5. The second-order valence-electron chi connectivity index (χ2n) is 5.81. The van der Waals surface area contributed by atoms with E-state index in [0.717, 1.165) is 12.0 Å². The van der Waals surface area contributed by atoms with Crippen LogP contribution in [0.4, 0.5) is 0 Å². The number of aromatic nitrogens is 2. The SMILES string of the molecule is O=C(O)CC1(NC(=O)c2cc(-c3ccccc3Cl)n[nH]2)CCC1. The topological polar surface area (TPSA) is 95.1 Å². The quantitative estimate of drug-likeness (QED) is 0.784. The van der Waals surface area contributed by atoms with E-state index in [1.54, 1.807) is 12.1 Å². The van der Waals surface area contributed by atoms with Gasteiger partial charge in [0.05, 0.1) is 22.7 Å². The lowest BCUT2D eigenvalue weighted by Crippen LogP contribution is -2.54. The molecule has 1 aliphatic rings. The van der Waals surface area contributed by atoms with Gasteiger partial charge in [-0.1, -0.05) is 29.8 Å². The lowest BCUT2D eigenvalue weighted by Gasteiger charge is -2.41. The summed E-state index contributed by atoms with van der Waals surface area (Å²) < 4.78 is 0. The third-order valence-corrected chi connectivity index (χ3v) is 4.48. The number of carboxylic acids is 1. The van der Waals surface area contributed by atoms with Gasteiger partial charge >= 0.3 is 5.97 Å². The molecule has 1 aromatic carbocycles. The van der Waals surface area contributed by atoms with Crippen LogP contribution in [0, 0.1) is 0 Å². The summed E-state index contributed by atoms with van der Waals surface area (Å²) in [6.07, 6.45) is 2.21. The fourth-order valence-corrected chi connectivity index (χ4v) is 3.02. The summed E-state index contributed by atoms with van der Waals surface area (Å²) in [5.41, 5.74) is 0.949. The molecular formula is C16H16ClN3O3. The Balaban J connectivity index is 1.76. The molecule has 1 amide bonds. The van der Waals surface area contributed by atoms with Crippen molar-refractivity contribution in [3.8, 4) is 11.3 Å². The molecule has 6 nitrogen and oxygen atoms in total. The average Bonchev–Trinajstić information content (AvgIpc) is 2.94. The molecule has 0 unspecified atom stereocenters. The van der Waals surface area contributed by atoms with Gasteiger partial charge in [0.15, 0.2) is 0 Å². The molecule has 0 bridgehead atoms. The minimum atomic E-state index is -0.911. The molecule has 0 radical (unpaired) electrons. The number of aromatic amines is 1. The van der Waals surface area contributed by atoms with Gasteiger partial charge in [-0.05, 0) is 31.4 Å². The van der Waals surface area contributed by atoms with Crippen LogP contribution >= 0.6 is 11.6 Å². The van der Waals surface area contributed by atoms with E-state index >= 15 is 0 Å². The Labute approximate surface area is 137 Å². The molecule has 1 fully saturated rings. The van der Waals surface area contributed by atoms with Gasteiger partial charge in [-0.15, -0.1) is 0 Å². The molecule has 0 spiro atoms. The molecule has 1 aliphatic carbocycles. The predicted molar refractivity (Wildman–Crippen MR) is 85.3 cm³/mol. The van der Waals surface area contributed by atoms with Crippen molar-refractivity contribution in [3.05, 3.63) is 41.0 Å². The number of benzene rings is 1. The lowest BCUT2D eigenvalue weighted by atomic mass is 9.74. The highest BCUT2D eigenvalue weighted by Gasteiger charge is 2.40. The highest BCUT2D eigenvalue weighted by atomic mass is 35.5. The maximum atomic E-state index is 12.4. The van der Waals surface area contributed by atoms with Gasteiger partial charge in [0.25, 0.3) is 5.91 Å². The summed E-state index contributed by atoms with van der Waals surface area (Å²) in [4.78, 5) is 23.3. The molecule has 7 heteroatoms. The van der Waals surface area contributed by atoms with Crippen molar-refractivity contribution in [1.82, 2.24) is 15.5 Å². The van der Waals surface area contributed by atoms with E-state index in [1.165, 1.54) is 0 Å². The van der Waals surface area contributed by atoms with Crippen LogP contribution in [0.3, 0.4) is 0 Å². The van der Waals surface area contributed by atoms with Gasteiger partial charge in [0, 0.05) is 5.56 Å². The molecule has 1 saturated carbocycles.